The van der Waals surface area contributed by atoms with Gasteiger partial charge in [-0.1, -0.05) is 140 Å². The van der Waals surface area contributed by atoms with Gasteiger partial charge in [0.2, 0.25) is 0 Å². The first-order valence-electron chi connectivity index (χ1n) is 13.4. The van der Waals surface area contributed by atoms with Crippen LogP contribution in [0.25, 0.3) is 33.4 Å². The Hall–Kier alpha value is -5.54. The lowest BCUT2D eigenvalue weighted by molar-refractivity contribution is 0.103. The van der Waals surface area contributed by atoms with E-state index in [9.17, 15) is 14.7 Å². The van der Waals surface area contributed by atoms with Gasteiger partial charge in [-0.25, -0.2) is 0 Å². The standard InChI is InChI=1S/C38H26O3/c39-36-24-22-31(23-25-36)30-12-20-35(21-13-30)38(41)34-18-10-29(11-19-34)28-8-16-33(17-9-28)37(40)32-14-6-27(7-15-32)26-4-2-1-3-5-26/h1-25,39H. The second-order valence-corrected chi connectivity index (χ2v) is 9.88. The van der Waals surface area contributed by atoms with Crippen LogP contribution in [-0.2, 0) is 0 Å². The molecule has 41 heavy (non-hydrogen) atoms. The van der Waals surface area contributed by atoms with Gasteiger partial charge in [0, 0.05) is 22.3 Å². The van der Waals surface area contributed by atoms with Crippen LogP contribution in [0.4, 0.5) is 0 Å². The number of phenolic OH excluding ortho intramolecular Hbond substituents is 1. The molecule has 6 aromatic carbocycles. The molecule has 0 saturated carbocycles. The molecule has 0 amide bonds. The number of carbonyl (C=O) groups excluding carboxylic acids is 2. The molecule has 0 heterocycles. The first-order chi connectivity index (χ1) is 20.0. The molecule has 0 bridgehead atoms. The Morgan fingerprint density at radius 3 is 0.854 bits per heavy atom. The zero-order valence-corrected chi connectivity index (χ0v) is 22.2. The van der Waals surface area contributed by atoms with Gasteiger partial charge in [0.25, 0.3) is 0 Å². The summed E-state index contributed by atoms with van der Waals surface area (Å²) >= 11 is 0. The number of rotatable bonds is 7. The van der Waals surface area contributed by atoms with Gasteiger partial charge < -0.3 is 5.11 Å². The number of hydrogen-bond acceptors (Lipinski definition) is 3. The van der Waals surface area contributed by atoms with Crippen molar-refractivity contribution in [2.24, 2.45) is 0 Å². The molecule has 0 aliphatic heterocycles. The van der Waals surface area contributed by atoms with E-state index in [0.29, 0.717) is 22.3 Å². The third kappa shape index (κ3) is 5.61. The minimum atomic E-state index is -0.0481. The molecular weight excluding hydrogens is 504 g/mol. The van der Waals surface area contributed by atoms with Crippen molar-refractivity contribution in [3.8, 4) is 39.1 Å². The number of carbonyl (C=O) groups is 2. The van der Waals surface area contributed by atoms with Crippen molar-refractivity contribution < 1.29 is 14.7 Å². The Balaban J connectivity index is 1.13. The van der Waals surface area contributed by atoms with E-state index in [4.69, 9.17) is 0 Å². The summed E-state index contributed by atoms with van der Waals surface area (Å²) in [6, 6.07) is 47.3. The van der Waals surface area contributed by atoms with E-state index in [-0.39, 0.29) is 17.3 Å². The number of aromatic hydroxyl groups is 1. The molecule has 0 aliphatic rings. The van der Waals surface area contributed by atoms with E-state index < -0.39 is 0 Å². The zero-order valence-electron chi connectivity index (χ0n) is 22.2. The predicted molar refractivity (Wildman–Crippen MR) is 164 cm³/mol. The second-order valence-electron chi connectivity index (χ2n) is 9.88. The number of phenols is 1. The quantitative estimate of drug-likeness (QED) is 0.210. The molecule has 6 aromatic rings. The third-order valence-electron chi connectivity index (χ3n) is 7.23. The van der Waals surface area contributed by atoms with E-state index in [0.717, 1.165) is 33.4 Å². The van der Waals surface area contributed by atoms with Gasteiger partial charge in [-0.05, 0) is 45.5 Å². The molecule has 3 heteroatoms. The Labute approximate surface area is 239 Å². The molecule has 0 saturated heterocycles. The Morgan fingerprint density at radius 1 is 0.317 bits per heavy atom. The van der Waals surface area contributed by atoms with Gasteiger partial charge in [0.15, 0.2) is 11.6 Å². The fourth-order valence-corrected chi connectivity index (χ4v) is 4.87. The molecule has 196 valence electrons. The lowest BCUT2D eigenvalue weighted by atomic mass is 9.96. The highest BCUT2D eigenvalue weighted by Crippen LogP contribution is 2.26. The third-order valence-corrected chi connectivity index (χ3v) is 7.23. The summed E-state index contributed by atoms with van der Waals surface area (Å²) in [4.78, 5) is 26.1. The van der Waals surface area contributed by atoms with Crippen LogP contribution >= 0.6 is 0 Å². The maximum atomic E-state index is 13.1. The largest absolute Gasteiger partial charge is 0.508 e. The predicted octanol–water partition coefficient (Wildman–Crippen LogP) is 8.86. The van der Waals surface area contributed by atoms with Crippen LogP contribution in [0.15, 0.2) is 152 Å². The summed E-state index contributed by atoms with van der Waals surface area (Å²) in [7, 11) is 0. The first-order valence-corrected chi connectivity index (χ1v) is 13.4. The summed E-state index contributed by atoms with van der Waals surface area (Å²) < 4.78 is 0. The van der Waals surface area contributed by atoms with E-state index in [2.05, 4.69) is 12.1 Å². The SMILES string of the molecule is O=C(c1ccc(-c2ccccc2)cc1)c1ccc(-c2ccc(C(=O)c3ccc(-c4ccc(O)cc4)cc3)cc2)cc1. The Morgan fingerprint density at radius 2 is 0.561 bits per heavy atom. The van der Waals surface area contributed by atoms with Crippen molar-refractivity contribution in [3.63, 3.8) is 0 Å². The van der Waals surface area contributed by atoms with E-state index in [1.165, 1.54) is 0 Å². The molecule has 0 aromatic heterocycles. The fraction of sp³-hybridized carbons (Fsp3) is 0. The summed E-state index contributed by atoms with van der Waals surface area (Å²) in [5.41, 5.74) is 8.58. The molecule has 0 spiro atoms. The van der Waals surface area contributed by atoms with Crippen LogP contribution in [0, 0.1) is 0 Å². The van der Waals surface area contributed by atoms with Crippen LogP contribution in [0.5, 0.6) is 5.75 Å². The van der Waals surface area contributed by atoms with Crippen LogP contribution in [-0.4, -0.2) is 16.7 Å². The summed E-state index contributed by atoms with van der Waals surface area (Å²) in [5, 5.41) is 9.50. The van der Waals surface area contributed by atoms with E-state index in [1.54, 1.807) is 12.1 Å². The van der Waals surface area contributed by atoms with Crippen molar-refractivity contribution in [1.29, 1.82) is 0 Å². The highest BCUT2D eigenvalue weighted by atomic mass is 16.3. The summed E-state index contributed by atoms with van der Waals surface area (Å²) in [5.74, 6) is 0.153. The van der Waals surface area contributed by atoms with Crippen molar-refractivity contribution >= 4 is 11.6 Å². The van der Waals surface area contributed by atoms with Gasteiger partial charge in [-0.3, -0.25) is 9.59 Å². The zero-order chi connectivity index (χ0) is 28.2. The summed E-state index contributed by atoms with van der Waals surface area (Å²) in [6.45, 7) is 0. The maximum Gasteiger partial charge on any atom is 0.193 e. The van der Waals surface area contributed by atoms with Crippen molar-refractivity contribution in [2.75, 3.05) is 0 Å². The highest BCUT2D eigenvalue weighted by Gasteiger charge is 2.12. The molecular formula is C38H26O3. The van der Waals surface area contributed by atoms with Gasteiger partial charge >= 0.3 is 0 Å². The molecule has 6 rings (SSSR count). The molecule has 0 atom stereocenters. The van der Waals surface area contributed by atoms with Crippen molar-refractivity contribution in [3.05, 3.63) is 174 Å². The summed E-state index contributed by atoms with van der Waals surface area (Å²) in [6.07, 6.45) is 0. The van der Waals surface area contributed by atoms with Gasteiger partial charge in [0.05, 0.1) is 0 Å². The highest BCUT2D eigenvalue weighted by molar-refractivity contribution is 6.10. The molecule has 1 N–H and O–H groups in total. The fourth-order valence-electron chi connectivity index (χ4n) is 4.87. The molecule has 3 nitrogen and oxygen atoms in total. The normalized spacial score (nSPS) is 10.7. The van der Waals surface area contributed by atoms with Gasteiger partial charge in [0.1, 0.15) is 5.75 Å². The lowest BCUT2D eigenvalue weighted by Gasteiger charge is -2.08. The minimum Gasteiger partial charge on any atom is -0.508 e. The van der Waals surface area contributed by atoms with Crippen molar-refractivity contribution in [2.45, 2.75) is 0 Å². The topological polar surface area (TPSA) is 54.4 Å². The lowest BCUT2D eigenvalue weighted by Crippen LogP contribution is -2.01. The number of ketones is 2. The van der Waals surface area contributed by atoms with Crippen LogP contribution in [0.2, 0.25) is 0 Å². The smallest absolute Gasteiger partial charge is 0.193 e. The molecule has 0 unspecified atom stereocenters. The minimum absolute atomic E-state index is 0.0199. The average Bonchev–Trinajstić information content (AvgIpc) is 3.05. The molecule has 0 aliphatic carbocycles. The average molecular weight is 531 g/mol. The monoisotopic (exact) mass is 530 g/mol. The van der Waals surface area contributed by atoms with Crippen LogP contribution in [0.1, 0.15) is 31.8 Å². The van der Waals surface area contributed by atoms with Gasteiger partial charge in [-0.2, -0.15) is 0 Å². The molecule has 0 radical (unpaired) electrons. The Bertz CT molecular complexity index is 1800. The maximum absolute atomic E-state index is 13.1. The van der Waals surface area contributed by atoms with E-state index >= 15 is 0 Å². The van der Waals surface area contributed by atoms with Crippen LogP contribution < -0.4 is 0 Å². The number of benzene rings is 6. The van der Waals surface area contributed by atoms with Crippen molar-refractivity contribution in [1.82, 2.24) is 0 Å². The Kier molecular flexibility index (Phi) is 7.08. The number of hydrogen-bond donors (Lipinski definition) is 1. The second kappa shape index (κ2) is 11.3. The van der Waals surface area contributed by atoms with E-state index in [1.807, 2.05) is 127 Å². The first kappa shape index (κ1) is 25.7. The molecule has 0 fully saturated rings. The van der Waals surface area contributed by atoms with Gasteiger partial charge in [-0.15, -0.1) is 0 Å². The van der Waals surface area contributed by atoms with Crippen LogP contribution in [0.3, 0.4) is 0 Å².